The van der Waals surface area contributed by atoms with Crippen LogP contribution in [-0.4, -0.2) is 26.9 Å². The highest BCUT2D eigenvalue weighted by atomic mass is 35.5. The topological polar surface area (TPSA) is 66.5 Å². The summed E-state index contributed by atoms with van der Waals surface area (Å²) < 4.78 is 67.0. The molecule has 1 N–H and O–H groups in total. The Bertz CT molecular complexity index is 1010. The van der Waals surface area contributed by atoms with Gasteiger partial charge in [-0.1, -0.05) is 36.2 Å². The van der Waals surface area contributed by atoms with Crippen molar-refractivity contribution in [2.75, 3.05) is 10.8 Å². The van der Waals surface area contributed by atoms with E-state index in [4.69, 9.17) is 11.6 Å². The number of aryl methyl sites for hydroxylation is 1. The lowest BCUT2D eigenvalue weighted by Gasteiger charge is -2.26. The van der Waals surface area contributed by atoms with Crippen LogP contribution >= 0.6 is 11.6 Å². The normalized spacial score (nSPS) is 13.0. The maximum Gasteiger partial charge on any atom is 0.417 e. The van der Waals surface area contributed by atoms with E-state index in [0.717, 1.165) is 17.7 Å². The number of sulfonamides is 1. The number of alkyl halides is 3. The Morgan fingerprint density at radius 1 is 1.17 bits per heavy atom. The fraction of sp³-hybridized carbons (Fsp3) is 0.350. The Kier molecular flexibility index (Phi) is 7.41. The molecule has 0 heterocycles. The van der Waals surface area contributed by atoms with Crippen molar-refractivity contribution in [3.8, 4) is 0 Å². The highest BCUT2D eigenvalue weighted by molar-refractivity contribution is 7.92. The summed E-state index contributed by atoms with van der Waals surface area (Å²) >= 11 is 5.66. The van der Waals surface area contributed by atoms with Gasteiger partial charge >= 0.3 is 6.18 Å². The molecule has 0 saturated heterocycles. The molecule has 2 rings (SSSR count). The molecule has 2 aromatic rings. The largest absolute Gasteiger partial charge is 0.417 e. The van der Waals surface area contributed by atoms with Gasteiger partial charge < -0.3 is 5.32 Å². The molecule has 5 nitrogen and oxygen atoms in total. The van der Waals surface area contributed by atoms with Gasteiger partial charge in [0.2, 0.25) is 5.91 Å². The smallest absolute Gasteiger partial charge is 0.352 e. The highest BCUT2D eigenvalue weighted by Gasteiger charge is 2.35. The van der Waals surface area contributed by atoms with Crippen LogP contribution in [0.3, 0.4) is 0 Å². The second-order valence-corrected chi connectivity index (χ2v) is 9.13. The molecule has 30 heavy (non-hydrogen) atoms. The molecule has 164 valence electrons. The first-order valence-corrected chi connectivity index (χ1v) is 10.9. The molecule has 1 amide bonds. The second-order valence-electron chi connectivity index (χ2n) is 6.86. The van der Waals surface area contributed by atoms with Crippen molar-refractivity contribution in [2.45, 2.75) is 44.3 Å². The van der Waals surface area contributed by atoms with Crippen molar-refractivity contribution in [3.63, 3.8) is 0 Å². The zero-order valence-electron chi connectivity index (χ0n) is 16.6. The van der Waals surface area contributed by atoms with E-state index in [1.807, 2.05) is 6.92 Å². The molecular formula is C20H22ClF3N2O3S. The quantitative estimate of drug-likeness (QED) is 0.644. The van der Waals surface area contributed by atoms with Gasteiger partial charge in [0.25, 0.3) is 10.0 Å². The molecule has 0 aromatic heterocycles. The Balaban J connectivity index is 2.57. The van der Waals surface area contributed by atoms with Crippen LogP contribution in [0.1, 0.15) is 31.4 Å². The molecular weight excluding hydrogens is 441 g/mol. The van der Waals surface area contributed by atoms with Crippen molar-refractivity contribution >= 4 is 33.2 Å². The number of amides is 1. The summed E-state index contributed by atoms with van der Waals surface area (Å²) in [5.74, 6) is -0.636. The van der Waals surface area contributed by atoms with E-state index in [9.17, 15) is 26.4 Å². The average Bonchev–Trinajstić information content (AvgIpc) is 2.66. The van der Waals surface area contributed by atoms with Crippen LogP contribution in [-0.2, 0) is 21.0 Å². The third kappa shape index (κ3) is 5.66. The van der Waals surface area contributed by atoms with E-state index in [-0.39, 0.29) is 16.6 Å². The van der Waals surface area contributed by atoms with Crippen molar-refractivity contribution in [2.24, 2.45) is 0 Å². The van der Waals surface area contributed by atoms with Gasteiger partial charge in [0, 0.05) is 6.04 Å². The van der Waals surface area contributed by atoms with E-state index in [2.05, 4.69) is 5.32 Å². The zero-order chi connectivity index (χ0) is 22.7. The number of hydrogen-bond acceptors (Lipinski definition) is 3. The first-order valence-electron chi connectivity index (χ1n) is 9.11. The van der Waals surface area contributed by atoms with Gasteiger partial charge in [0.15, 0.2) is 0 Å². The number of anilines is 1. The van der Waals surface area contributed by atoms with Crippen LogP contribution in [0.25, 0.3) is 0 Å². The molecule has 0 aliphatic carbocycles. The fourth-order valence-electron chi connectivity index (χ4n) is 2.59. The molecule has 0 radical (unpaired) electrons. The maximum absolute atomic E-state index is 13.3. The van der Waals surface area contributed by atoms with Gasteiger partial charge in [0.1, 0.15) is 6.54 Å². The molecule has 2 aromatic carbocycles. The minimum atomic E-state index is -4.79. The number of nitrogens with one attached hydrogen (secondary N) is 1. The highest BCUT2D eigenvalue weighted by Crippen LogP contribution is 2.38. The van der Waals surface area contributed by atoms with Gasteiger partial charge in [-0.3, -0.25) is 9.10 Å². The Labute approximate surface area is 178 Å². The summed E-state index contributed by atoms with van der Waals surface area (Å²) in [6.45, 7) is 4.66. The lowest BCUT2D eigenvalue weighted by molar-refractivity contribution is -0.137. The monoisotopic (exact) mass is 462 g/mol. The summed E-state index contributed by atoms with van der Waals surface area (Å²) in [7, 11) is -4.32. The first-order chi connectivity index (χ1) is 13.9. The number of benzene rings is 2. The number of hydrogen-bond donors (Lipinski definition) is 1. The maximum atomic E-state index is 13.3. The molecule has 0 aliphatic rings. The number of carbonyl (C=O) groups excluding carboxylic acids is 1. The van der Waals surface area contributed by atoms with Gasteiger partial charge in [-0.2, -0.15) is 13.2 Å². The Hall–Kier alpha value is -2.26. The molecule has 0 fully saturated rings. The fourth-order valence-corrected chi connectivity index (χ4v) is 4.23. The van der Waals surface area contributed by atoms with E-state index in [0.29, 0.717) is 16.8 Å². The summed E-state index contributed by atoms with van der Waals surface area (Å²) in [5.41, 5.74) is -0.694. The Morgan fingerprint density at radius 2 is 1.77 bits per heavy atom. The van der Waals surface area contributed by atoms with Gasteiger partial charge in [-0.15, -0.1) is 0 Å². The van der Waals surface area contributed by atoms with Gasteiger partial charge in [0.05, 0.1) is 21.2 Å². The molecule has 0 bridgehead atoms. The summed E-state index contributed by atoms with van der Waals surface area (Å²) in [4.78, 5) is 12.3. The summed E-state index contributed by atoms with van der Waals surface area (Å²) in [6, 6.07) is 8.31. The van der Waals surface area contributed by atoms with Crippen LogP contribution < -0.4 is 9.62 Å². The van der Waals surface area contributed by atoms with Crippen molar-refractivity contribution in [3.05, 3.63) is 58.6 Å². The molecule has 1 unspecified atom stereocenters. The predicted molar refractivity (Wildman–Crippen MR) is 110 cm³/mol. The van der Waals surface area contributed by atoms with E-state index in [1.165, 1.54) is 12.1 Å². The first kappa shape index (κ1) is 24.0. The lowest BCUT2D eigenvalue weighted by Crippen LogP contribution is -2.43. The van der Waals surface area contributed by atoms with Crippen LogP contribution in [0.2, 0.25) is 5.02 Å². The van der Waals surface area contributed by atoms with Crippen LogP contribution in [0, 0.1) is 6.92 Å². The Morgan fingerprint density at radius 3 is 2.30 bits per heavy atom. The van der Waals surface area contributed by atoms with E-state index >= 15 is 0 Å². The van der Waals surface area contributed by atoms with Crippen molar-refractivity contribution in [1.82, 2.24) is 5.32 Å². The van der Waals surface area contributed by atoms with Crippen molar-refractivity contribution in [1.29, 1.82) is 0 Å². The van der Waals surface area contributed by atoms with Crippen molar-refractivity contribution < 1.29 is 26.4 Å². The van der Waals surface area contributed by atoms with Crippen LogP contribution in [0.4, 0.5) is 18.9 Å². The standard InChI is InChI=1S/C20H22ClF3N2O3S/c1-4-14(3)25-19(27)12-26(30(28,29)16-8-5-13(2)6-9-16)15-7-10-18(21)17(11-15)20(22,23)24/h5-11,14H,4,12H2,1-3H3,(H,25,27). The molecule has 10 heteroatoms. The molecule has 0 spiro atoms. The van der Waals surface area contributed by atoms with Crippen LogP contribution in [0.5, 0.6) is 0 Å². The van der Waals surface area contributed by atoms with Crippen LogP contribution in [0.15, 0.2) is 47.4 Å². The number of rotatable bonds is 7. The van der Waals surface area contributed by atoms with E-state index < -0.39 is 39.2 Å². The second kappa shape index (κ2) is 9.26. The SMILES string of the molecule is CCC(C)NC(=O)CN(c1ccc(Cl)c(C(F)(F)F)c1)S(=O)(=O)c1ccc(C)cc1. The number of nitrogens with zero attached hydrogens (tertiary/aromatic N) is 1. The number of halogens is 4. The predicted octanol–water partition coefficient (Wildman–Crippen LogP) is 4.78. The molecule has 0 aliphatic heterocycles. The molecule has 0 saturated carbocycles. The summed E-state index contributed by atoms with van der Waals surface area (Å²) in [5, 5.41) is 2.06. The minimum absolute atomic E-state index is 0.145. The minimum Gasteiger partial charge on any atom is -0.352 e. The van der Waals surface area contributed by atoms with Gasteiger partial charge in [-0.25, -0.2) is 8.42 Å². The lowest BCUT2D eigenvalue weighted by atomic mass is 10.2. The average molecular weight is 463 g/mol. The third-order valence-corrected chi connectivity index (χ3v) is 6.58. The third-order valence-electron chi connectivity index (χ3n) is 4.46. The van der Waals surface area contributed by atoms with Gasteiger partial charge in [-0.05, 0) is 50.6 Å². The zero-order valence-corrected chi connectivity index (χ0v) is 18.2. The van der Waals surface area contributed by atoms with E-state index in [1.54, 1.807) is 26.0 Å². The summed E-state index contributed by atoms with van der Waals surface area (Å²) in [6.07, 6.45) is -4.18. The molecule has 1 atom stereocenters. The number of carbonyl (C=O) groups is 1.